The molecule has 0 heterocycles. The lowest BCUT2D eigenvalue weighted by Crippen LogP contribution is -2.13. The van der Waals surface area contributed by atoms with E-state index in [0.717, 1.165) is 12.0 Å². The van der Waals surface area contributed by atoms with Gasteiger partial charge in [-0.25, -0.2) is 0 Å². The second-order valence-electron chi connectivity index (χ2n) is 3.92. The normalized spacial score (nSPS) is 12.2. The van der Waals surface area contributed by atoms with E-state index in [2.05, 4.69) is 17.9 Å². The molecule has 0 aliphatic rings. The predicted octanol–water partition coefficient (Wildman–Crippen LogP) is 3.69. The average Bonchev–Trinajstić information content (AvgIpc) is 2.19. The second-order valence-corrected chi connectivity index (χ2v) is 5.21. The van der Waals surface area contributed by atoms with Gasteiger partial charge in [-0.3, -0.25) is 4.79 Å². The molecule has 1 atom stereocenters. The van der Waals surface area contributed by atoms with Gasteiger partial charge in [0.1, 0.15) is 0 Å². The molecule has 0 aliphatic carbocycles. The van der Waals surface area contributed by atoms with E-state index in [1.165, 1.54) is 0 Å². The van der Waals surface area contributed by atoms with Crippen molar-refractivity contribution in [3.05, 3.63) is 28.8 Å². The largest absolute Gasteiger partial charge is 0.325 e. The molecule has 1 unspecified atom stereocenters. The van der Waals surface area contributed by atoms with Gasteiger partial charge in [0.15, 0.2) is 0 Å². The van der Waals surface area contributed by atoms with Crippen LogP contribution in [0.4, 0.5) is 5.69 Å². The Morgan fingerprint density at radius 2 is 2.25 bits per heavy atom. The van der Waals surface area contributed by atoms with Crippen molar-refractivity contribution in [2.24, 2.45) is 0 Å². The molecule has 1 aromatic rings. The van der Waals surface area contributed by atoms with E-state index >= 15 is 0 Å². The number of aryl methyl sites for hydroxylation is 1. The van der Waals surface area contributed by atoms with Gasteiger partial charge in [0.05, 0.1) is 10.7 Å². The molecule has 0 saturated heterocycles. The molecule has 0 aliphatic heterocycles. The highest BCUT2D eigenvalue weighted by Gasteiger charge is 2.06. The maximum Gasteiger partial charge on any atom is 0.224 e. The summed E-state index contributed by atoms with van der Waals surface area (Å²) in [7, 11) is 0. The summed E-state index contributed by atoms with van der Waals surface area (Å²) in [6, 6.07) is 5.57. The Morgan fingerprint density at radius 1 is 1.56 bits per heavy atom. The van der Waals surface area contributed by atoms with Crippen molar-refractivity contribution in [3.63, 3.8) is 0 Å². The molecule has 16 heavy (non-hydrogen) atoms. The molecule has 1 aromatic carbocycles. The monoisotopic (exact) mass is 257 g/mol. The molecule has 0 bridgehead atoms. The Bertz CT molecular complexity index is 379. The second kappa shape index (κ2) is 6.16. The molecule has 1 amide bonds. The van der Waals surface area contributed by atoms with Crippen LogP contribution in [0.25, 0.3) is 0 Å². The number of rotatable bonds is 4. The number of anilines is 1. The Morgan fingerprint density at radius 3 is 2.81 bits per heavy atom. The summed E-state index contributed by atoms with van der Waals surface area (Å²) in [6.07, 6.45) is 1.23. The van der Waals surface area contributed by atoms with E-state index in [1.54, 1.807) is 0 Å². The van der Waals surface area contributed by atoms with E-state index in [9.17, 15) is 4.79 Å². The Hall–Kier alpha value is -0.670. The van der Waals surface area contributed by atoms with Gasteiger partial charge >= 0.3 is 0 Å². The number of thiol groups is 1. The SMILES string of the molecule is Cc1ccc(NC(=O)CCC(C)S)c(Cl)c1. The fourth-order valence-corrected chi connectivity index (χ4v) is 1.69. The highest BCUT2D eigenvalue weighted by atomic mass is 35.5. The number of benzene rings is 1. The smallest absolute Gasteiger partial charge is 0.224 e. The summed E-state index contributed by atoms with van der Waals surface area (Å²) in [5.74, 6) is -0.0216. The molecular formula is C12H16ClNOS. The zero-order valence-corrected chi connectivity index (χ0v) is 11.1. The van der Waals surface area contributed by atoms with E-state index in [4.69, 9.17) is 11.6 Å². The van der Waals surface area contributed by atoms with E-state index in [1.807, 2.05) is 32.0 Å². The first-order valence-electron chi connectivity index (χ1n) is 5.23. The maximum atomic E-state index is 11.6. The zero-order chi connectivity index (χ0) is 12.1. The van der Waals surface area contributed by atoms with Crippen molar-refractivity contribution in [2.45, 2.75) is 31.9 Å². The van der Waals surface area contributed by atoms with Crippen molar-refractivity contribution in [3.8, 4) is 0 Å². The van der Waals surface area contributed by atoms with Gasteiger partial charge in [-0.15, -0.1) is 0 Å². The minimum atomic E-state index is -0.0216. The first kappa shape index (κ1) is 13.4. The van der Waals surface area contributed by atoms with Crippen molar-refractivity contribution in [1.82, 2.24) is 0 Å². The molecular weight excluding hydrogens is 242 g/mol. The summed E-state index contributed by atoms with van der Waals surface area (Å²) >= 11 is 10.2. The van der Waals surface area contributed by atoms with Crippen molar-refractivity contribution >= 4 is 35.8 Å². The number of carbonyl (C=O) groups excluding carboxylic acids is 1. The Kier molecular flexibility index (Phi) is 5.16. The fourth-order valence-electron chi connectivity index (χ4n) is 1.27. The van der Waals surface area contributed by atoms with Gasteiger partial charge in [0.2, 0.25) is 5.91 Å². The third-order valence-corrected chi connectivity index (χ3v) is 2.76. The Balaban J connectivity index is 2.56. The number of hydrogen-bond acceptors (Lipinski definition) is 2. The van der Waals surface area contributed by atoms with Gasteiger partial charge in [0, 0.05) is 6.42 Å². The lowest BCUT2D eigenvalue weighted by molar-refractivity contribution is -0.116. The van der Waals surface area contributed by atoms with Crippen LogP contribution in [-0.4, -0.2) is 11.2 Å². The van der Waals surface area contributed by atoms with Crippen molar-refractivity contribution in [2.75, 3.05) is 5.32 Å². The maximum absolute atomic E-state index is 11.6. The fraction of sp³-hybridized carbons (Fsp3) is 0.417. The predicted molar refractivity (Wildman–Crippen MR) is 72.5 cm³/mol. The van der Waals surface area contributed by atoms with Crippen LogP contribution in [0.1, 0.15) is 25.3 Å². The molecule has 1 rings (SSSR count). The third-order valence-electron chi connectivity index (χ3n) is 2.19. The first-order chi connectivity index (χ1) is 7.49. The van der Waals surface area contributed by atoms with Crippen LogP contribution < -0.4 is 5.32 Å². The van der Waals surface area contributed by atoms with Crippen molar-refractivity contribution in [1.29, 1.82) is 0 Å². The molecule has 0 saturated carbocycles. The molecule has 4 heteroatoms. The minimum Gasteiger partial charge on any atom is -0.325 e. The molecule has 0 spiro atoms. The summed E-state index contributed by atoms with van der Waals surface area (Å²) in [5.41, 5.74) is 1.75. The number of carbonyl (C=O) groups is 1. The Labute approximate surface area is 107 Å². The van der Waals surface area contributed by atoms with Gasteiger partial charge in [-0.2, -0.15) is 12.6 Å². The van der Waals surface area contributed by atoms with E-state index in [0.29, 0.717) is 17.1 Å². The molecule has 0 radical (unpaired) electrons. The molecule has 0 fully saturated rings. The highest BCUT2D eigenvalue weighted by Crippen LogP contribution is 2.22. The third kappa shape index (κ3) is 4.45. The number of hydrogen-bond donors (Lipinski definition) is 2. The van der Waals surface area contributed by atoms with Crippen LogP contribution in [0, 0.1) is 6.92 Å². The van der Waals surface area contributed by atoms with Gasteiger partial charge in [-0.1, -0.05) is 24.6 Å². The van der Waals surface area contributed by atoms with Crippen LogP contribution in [0.3, 0.4) is 0 Å². The summed E-state index contributed by atoms with van der Waals surface area (Å²) in [6.45, 7) is 3.93. The lowest BCUT2D eigenvalue weighted by atomic mass is 10.2. The van der Waals surface area contributed by atoms with Crippen LogP contribution in [0.15, 0.2) is 18.2 Å². The molecule has 2 nitrogen and oxygen atoms in total. The number of halogens is 1. The summed E-state index contributed by atoms with van der Waals surface area (Å²) in [5, 5.41) is 3.60. The first-order valence-corrected chi connectivity index (χ1v) is 6.12. The highest BCUT2D eigenvalue weighted by molar-refractivity contribution is 7.80. The molecule has 0 aromatic heterocycles. The van der Waals surface area contributed by atoms with Gasteiger partial charge < -0.3 is 5.32 Å². The van der Waals surface area contributed by atoms with Crippen LogP contribution in [0.5, 0.6) is 0 Å². The standard InChI is InChI=1S/C12H16ClNOS/c1-8-3-5-11(10(13)7-8)14-12(15)6-4-9(2)16/h3,5,7,9,16H,4,6H2,1-2H3,(H,14,15). The van der Waals surface area contributed by atoms with Crippen LogP contribution >= 0.6 is 24.2 Å². The summed E-state index contributed by atoms with van der Waals surface area (Å²) < 4.78 is 0. The van der Waals surface area contributed by atoms with Gasteiger partial charge in [-0.05, 0) is 36.3 Å². The van der Waals surface area contributed by atoms with E-state index < -0.39 is 0 Å². The van der Waals surface area contributed by atoms with Crippen LogP contribution in [0.2, 0.25) is 5.02 Å². The quantitative estimate of drug-likeness (QED) is 0.792. The minimum absolute atomic E-state index is 0.0216. The average molecular weight is 258 g/mol. The number of nitrogens with one attached hydrogen (secondary N) is 1. The van der Waals surface area contributed by atoms with Gasteiger partial charge in [0.25, 0.3) is 0 Å². The zero-order valence-electron chi connectivity index (χ0n) is 9.46. The molecule has 1 N–H and O–H groups in total. The lowest BCUT2D eigenvalue weighted by Gasteiger charge is -2.08. The summed E-state index contributed by atoms with van der Waals surface area (Å²) in [4.78, 5) is 11.6. The number of amides is 1. The van der Waals surface area contributed by atoms with E-state index in [-0.39, 0.29) is 11.2 Å². The van der Waals surface area contributed by atoms with Crippen LogP contribution in [-0.2, 0) is 4.79 Å². The topological polar surface area (TPSA) is 29.1 Å². The van der Waals surface area contributed by atoms with Crippen molar-refractivity contribution < 1.29 is 4.79 Å². The molecule has 88 valence electrons.